The third-order valence-electron chi connectivity index (χ3n) is 2.67. The van der Waals surface area contributed by atoms with E-state index in [2.05, 4.69) is 21.2 Å². The first kappa shape index (κ1) is 16.7. The molecule has 0 aliphatic carbocycles. The van der Waals surface area contributed by atoms with Gasteiger partial charge in [0.1, 0.15) is 11.6 Å². The van der Waals surface area contributed by atoms with E-state index >= 15 is 0 Å². The second-order valence-corrected chi connectivity index (χ2v) is 5.15. The third kappa shape index (κ3) is 4.65. The summed E-state index contributed by atoms with van der Waals surface area (Å²) in [5, 5.41) is 2.30. The van der Waals surface area contributed by atoms with Crippen LogP contribution in [0.15, 0.2) is 45.5 Å². The van der Waals surface area contributed by atoms with Crippen molar-refractivity contribution in [3.8, 4) is 0 Å². The second kappa shape index (κ2) is 7.54. The maximum absolute atomic E-state index is 13.1. The van der Waals surface area contributed by atoms with Gasteiger partial charge < -0.3 is 9.73 Å². The van der Waals surface area contributed by atoms with Crippen LogP contribution in [0.1, 0.15) is 16.1 Å². The van der Waals surface area contributed by atoms with Crippen LogP contribution in [-0.4, -0.2) is 17.7 Å². The molecule has 0 radical (unpaired) electrons. The van der Waals surface area contributed by atoms with E-state index in [1.54, 1.807) is 12.1 Å². The van der Waals surface area contributed by atoms with Gasteiger partial charge in [0, 0.05) is 4.47 Å². The molecule has 23 heavy (non-hydrogen) atoms. The molecule has 0 bridgehead atoms. The van der Waals surface area contributed by atoms with Crippen molar-refractivity contribution in [2.45, 2.75) is 6.54 Å². The predicted molar refractivity (Wildman–Crippen MR) is 80.3 cm³/mol. The molecule has 0 fully saturated rings. The number of benzene rings is 1. The molecule has 0 spiro atoms. The average molecular weight is 384 g/mol. The van der Waals surface area contributed by atoms with Crippen molar-refractivity contribution in [2.24, 2.45) is 0 Å². The minimum absolute atomic E-state index is 0.0266. The van der Waals surface area contributed by atoms with Crippen molar-refractivity contribution in [2.75, 3.05) is 0 Å². The van der Waals surface area contributed by atoms with E-state index in [4.69, 9.17) is 4.42 Å². The quantitative estimate of drug-likeness (QED) is 0.548. The van der Waals surface area contributed by atoms with Crippen molar-refractivity contribution < 1.29 is 23.2 Å². The summed E-state index contributed by atoms with van der Waals surface area (Å²) in [6, 6.07) is 6.77. The minimum Gasteiger partial charge on any atom is -0.467 e. The minimum atomic E-state index is -1.07. The number of nitrogens with one attached hydrogen (secondary N) is 3. The van der Waals surface area contributed by atoms with Crippen molar-refractivity contribution >= 4 is 33.7 Å². The maximum Gasteiger partial charge on any atom is 0.327 e. The van der Waals surface area contributed by atoms with E-state index in [1.807, 2.05) is 10.9 Å². The number of hydrogen-bond acceptors (Lipinski definition) is 4. The van der Waals surface area contributed by atoms with Gasteiger partial charge in [-0.3, -0.25) is 25.2 Å². The van der Waals surface area contributed by atoms with Crippen molar-refractivity contribution in [1.29, 1.82) is 0 Å². The van der Waals surface area contributed by atoms with Crippen molar-refractivity contribution in [3.05, 3.63) is 58.2 Å². The molecule has 0 atom stereocenters. The van der Waals surface area contributed by atoms with Gasteiger partial charge in [-0.25, -0.2) is 4.39 Å². The van der Waals surface area contributed by atoms with Crippen LogP contribution in [0, 0.1) is 5.82 Å². The van der Waals surface area contributed by atoms with E-state index in [0.717, 1.165) is 6.07 Å². The monoisotopic (exact) mass is 383 g/mol. The van der Waals surface area contributed by atoms with Gasteiger partial charge in [-0.1, -0.05) is 0 Å². The highest BCUT2D eigenvalue weighted by molar-refractivity contribution is 9.10. The molecule has 0 aliphatic rings. The Balaban J connectivity index is 1.84. The number of amides is 3. The highest BCUT2D eigenvalue weighted by atomic mass is 79.9. The normalized spacial score (nSPS) is 10.0. The Morgan fingerprint density at radius 1 is 1.13 bits per heavy atom. The SMILES string of the molecule is O=C(NCc1ccco1)C(=O)NNC(=O)c1cc(F)ccc1Br. The molecule has 9 heteroatoms. The van der Waals surface area contributed by atoms with E-state index in [0.29, 0.717) is 10.2 Å². The van der Waals surface area contributed by atoms with Crippen LogP contribution in [-0.2, 0) is 16.1 Å². The number of hydrogen-bond donors (Lipinski definition) is 3. The summed E-state index contributed by atoms with van der Waals surface area (Å²) >= 11 is 3.08. The van der Waals surface area contributed by atoms with E-state index < -0.39 is 23.5 Å². The van der Waals surface area contributed by atoms with Crippen molar-refractivity contribution in [3.63, 3.8) is 0 Å². The molecule has 2 rings (SSSR count). The molecule has 1 aromatic carbocycles. The van der Waals surface area contributed by atoms with Gasteiger partial charge in [-0.05, 0) is 46.3 Å². The lowest BCUT2D eigenvalue weighted by Crippen LogP contribution is -2.48. The zero-order valence-electron chi connectivity index (χ0n) is 11.6. The smallest absolute Gasteiger partial charge is 0.327 e. The lowest BCUT2D eigenvalue weighted by molar-refractivity contribution is -0.139. The van der Waals surface area contributed by atoms with Gasteiger partial charge in [0.15, 0.2) is 0 Å². The molecular weight excluding hydrogens is 373 g/mol. The van der Waals surface area contributed by atoms with Crippen LogP contribution < -0.4 is 16.2 Å². The van der Waals surface area contributed by atoms with Crippen LogP contribution in [0.2, 0.25) is 0 Å². The summed E-state index contributed by atoms with van der Waals surface area (Å²) in [4.78, 5) is 34.9. The van der Waals surface area contributed by atoms with Crippen LogP contribution in [0.4, 0.5) is 4.39 Å². The zero-order chi connectivity index (χ0) is 16.8. The van der Waals surface area contributed by atoms with Gasteiger partial charge in [0.05, 0.1) is 18.4 Å². The first-order valence-corrected chi connectivity index (χ1v) is 7.12. The Kier molecular flexibility index (Phi) is 5.47. The fraction of sp³-hybridized carbons (Fsp3) is 0.0714. The van der Waals surface area contributed by atoms with Crippen LogP contribution in [0.5, 0.6) is 0 Å². The highest BCUT2D eigenvalue weighted by Gasteiger charge is 2.16. The van der Waals surface area contributed by atoms with Gasteiger partial charge in [0.2, 0.25) is 0 Å². The summed E-state index contributed by atoms with van der Waals surface area (Å²) in [6.45, 7) is 0.0304. The lowest BCUT2D eigenvalue weighted by Gasteiger charge is -2.08. The summed E-state index contributed by atoms with van der Waals surface area (Å²) in [5.41, 5.74) is 3.93. The molecule has 0 unspecified atom stereocenters. The molecule has 0 saturated carbocycles. The van der Waals surface area contributed by atoms with Crippen molar-refractivity contribution in [1.82, 2.24) is 16.2 Å². The molecule has 1 aromatic heterocycles. The number of carbonyl (C=O) groups is 3. The van der Waals surface area contributed by atoms with Gasteiger partial charge >= 0.3 is 11.8 Å². The second-order valence-electron chi connectivity index (χ2n) is 4.29. The predicted octanol–water partition coefficient (Wildman–Crippen LogP) is 1.26. The summed E-state index contributed by atoms with van der Waals surface area (Å²) in [7, 11) is 0. The topological polar surface area (TPSA) is 100 Å². The molecule has 2 aromatic rings. The molecule has 7 nitrogen and oxygen atoms in total. The molecule has 3 N–H and O–H groups in total. The molecule has 0 aliphatic heterocycles. The van der Waals surface area contributed by atoms with Crippen LogP contribution in [0.25, 0.3) is 0 Å². The largest absolute Gasteiger partial charge is 0.467 e. The Labute approximate surface area is 138 Å². The average Bonchev–Trinajstić information content (AvgIpc) is 3.05. The number of hydrazine groups is 1. The summed E-state index contributed by atoms with van der Waals surface area (Å²) in [6.07, 6.45) is 1.43. The summed E-state index contributed by atoms with van der Waals surface area (Å²) in [5.74, 6) is -2.94. The van der Waals surface area contributed by atoms with Crippen LogP contribution >= 0.6 is 15.9 Å². The van der Waals surface area contributed by atoms with E-state index in [9.17, 15) is 18.8 Å². The first-order valence-electron chi connectivity index (χ1n) is 6.33. The van der Waals surface area contributed by atoms with Gasteiger partial charge in [0.25, 0.3) is 5.91 Å². The Morgan fingerprint density at radius 3 is 2.61 bits per heavy atom. The molecule has 0 saturated heterocycles. The standard InChI is InChI=1S/C14H11BrFN3O4/c15-11-4-3-8(16)6-10(11)12(20)18-19-14(22)13(21)17-7-9-2-1-5-23-9/h1-6H,7H2,(H,17,21)(H,18,20)(H,19,22). The fourth-order valence-corrected chi connectivity index (χ4v) is 2.00. The molecule has 1 heterocycles. The molecular formula is C14H11BrFN3O4. The van der Waals surface area contributed by atoms with Gasteiger partial charge in [-0.15, -0.1) is 0 Å². The zero-order valence-corrected chi connectivity index (χ0v) is 13.1. The first-order chi connectivity index (χ1) is 11.0. The molecule has 120 valence electrons. The summed E-state index contributed by atoms with van der Waals surface area (Å²) < 4.78 is 18.4. The number of carbonyl (C=O) groups excluding carboxylic acids is 3. The third-order valence-corrected chi connectivity index (χ3v) is 3.36. The number of halogens is 2. The Bertz CT molecular complexity index is 734. The van der Waals surface area contributed by atoms with E-state index in [1.165, 1.54) is 18.4 Å². The number of rotatable bonds is 3. The lowest BCUT2D eigenvalue weighted by atomic mass is 10.2. The maximum atomic E-state index is 13.1. The Morgan fingerprint density at radius 2 is 1.91 bits per heavy atom. The molecule has 3 amide bonds. The number of furan rings is 1. The Hall–Kier alpha value is -2.68. The van der Waals surface area contributed by atoms with Crippen LogP contribution in [0.3, 0.4) is 0 Å². The van der Waals surface area contributed by atoms with E-state index in [-0.39, 0.29) is 12.1 Å². The van der Waals surface area contributed by atoms with Gasteiger partial charge in [-0.2, -0.15) is 0 Å². The fourth-order valence-electron chi connectivity index (χ4n) is 1.57. The highest BCUT2D eigenvalue weighted by Crippen LogP contribution is 2.17.